The van der Waals surface area contributed by atoms with Gasteiger partial charge < -0.3 is 4.79 Å². The van der Waals surface area contributed by atoms with Crippen LogP contribution in [0.15, 0.2) is 36.4 Å². The van der Waals surface area contributed by atoms with Crippen molar-refractivity contribution < 1.29 is 4.79 Å². The molecule has 0 aliphatic rings. The van der Waals surface area contributed by atoms with Crippen LogP contribution in [0.1, 0.15) is 30.9 Å². The molecule has 0 saturated heterocycles. The molecule has 0 N–H and O–H groups in total. The van der Waals surface area contributed by atoms with Crippen LogP contribution in [-0.2, 0) is 11.2 Å². The van der Waals surface area contributed by atoms with Gasteiger partial charge in [-0.15, -0.1) is 0 Å². The summed E-state index contributed by atoms with van der Waals surface area (Å²) in [7, 11) is 0. The number of rotatable bonds is 3. The summed E-state index contributed by atoms with van der Waals surface area (Å²) in [6.07, 6.45) is 1.45. The van der Waals surface area contributed by atoms with Crippen LogP contribution in [0, 0.1) is 0 Å². The van der Waals surface area contributed by atoms with Crippen LogP contribution >= 0.6 is 0 Å². The minimum absolute atomic E-state index is 0.502. The van der Waals surface area contributed by atoms with E-state index in [1.54, 1.807) is 0 Å². The normalized spacial score (nSPS) is 10.9. The molecule has 0 amide bonds. The van der Waals surface area contributed by atoms with Gasteiger partial charge in [0.1, 0.15) is 6.29 Å². The summed E-state index contributed by atoms with van der Waals surface area (Å²) < 4.78 is 0. The van der Waals surface area contributed by atoms with Crippen LogP contribution in [0.4, 0.5) is 0 Å². The second-order valence-electron chi connectivity index (χ2n) is 4.43. The van der Waals surface area contributed by atoms with E-state index in [0.717, 1.165) is 11.8 Å². The maximum atomic E-state index is 10.5. The second kappa shape index (κ2) is 4.48. The van der Waals surface area contributed by atoms with Crippen molar-refractivity contribution in [3.8, 4) is 0 Å². The van der Waals surface area contributed by atoms with Crippen LogP contribution in [0.3, 0.4) is 0 Å². The number of aldehydes is 1. The highest BCUT2D eigenvalue weighted by molar-refractivity contribution is 5.87. The van der Waals surface area contributed by atoms with Crippen molar-refractivity contribution in [1.29, 1.82) is 0 Å². The fraction of sp³-hybridized carbons (Fsp3) is 0.267. The van der Waals surface area contributed by atoms with Crippen molar-refractivity contribution in [2.45, 2.75) is 26.2 Å². The third-order valence-corrected chi connectivity index (χ3v) is 2.92. The van der Waals surface area contributed by atoms with E-state index in [-0.39, 0.29) is 0 Å². The Bertz CT molecular complexity index is 512. The monoisotopic (exact) mass is 212 g/mol. The topological polar surface area (TPSA) is 17.1 Å². The predicted molar refractivity (Wildman–Crippen MR) is 67.8 cm³/mol. The molecular weight excluding hydrogens is 196 g/mol. The Balaban J connectivity index is 2.59. The molecule has 0 aromatic heterocycles. The first-order valence-electron chi connectivity index (χ1n) is 5.67. The van der Waals surface area contributed by atoms with Gasteiger partial charge in [0.05, 0.1) is 0 Å². The molecule has 0 aliphatic carbocycles. The minimum atomic E-state index is 0.502. The Morgan fingerprint density at radius 3 is 2.69 bits per heavy atom. The fourth-order valence-electron chi connectivity index (χ4n) is 2.08. The summed E-state index contributed by atoms with van der Waals surface area (Å²) in [5.41, 5.74) is 2.46. The van der Waals surface area contributed by atoms with Gasteiger partial charge in [-0.05, 0) is 27.8 Å². The van der Waals surface area contributed by atoms with E-state index < -0.39 is 0 Å². The van der Waals surface area contributed by atoms with Crippen molar-refractivity contribution in [2.75, 3.05) is 0 Å². The highest BCUT2D eigenvalue weighted by atomic mass is 16.1. The maximum Gasteiger partial charge on any atom is 0.124 e. The van der Waals surface area contributed by atoms with Gasteiger partial charge in [0.25, 0.3) is 0 Å². The number of fused-ring (bicyclic) bond motifs is 1. The van der Waals surface area contributed by atoms with Crippen LogP contribution in [-0.4, -0.2) is 6.29 Å². The fourth-order valence-corrected chi connectivity index (χ4v) is 2.08. The molecule has 82 valence electrons. The summed E-state index contributed by atoms with van der Waals surface area (Å²) in [5.74, 6) is 0.528. The van der Waals surface area contributed by atoms with Gasteiger partial charge in [-0.3, -0.25) is 0 Å². The first-order chi connectivity index (χ1) is 7.72. The molecule has 1 nitrogen and oxygen atoms in total. The summed E-state index contributed by atoms with van der Waals surface area (Å²) in [4.78, 5) is 10.5. The first-order valence-corrected chi connectivity index (χ1v) is 5.67. The third kappa shape index (κ3) is 1.99. The zero-order valence-electron chi connectivity index (χ0n) is 9.73. The summed E-state index contributed by atoms with van der Waals surface area (Å²) in [6, 6.07) is 12.6. The van der Waals surface area contributed by atoms with E-state index in [1.165, 1.54) is 16.3 Å². The number of carbonyl (C=O) groups excluding carboxylic acids is 1. The summed E-state index contributed by atoms with van der Waals surface area (Å²) in [6.45, 7) is 4.40. The second-order valence-corrected chi connectivity index (χ2v) is 4.43. The van der Waals surface area contributed by atoms with Crippen molar-refractivity contribution in [3.63, 3.8) is 0 Å². The molecule has 0 unspecified atom stereocenters. The minimum Gasteiger partial charge on any atom is -0.303 e. The molecule has 0 atom stereocenters. The highest BCUT2D eigenvalue weighted by Gasteiger charge is 2.04. The van der Waals surface area contributed by atoms with Crippen molar-refractivity contribution in [3.05, 3.63) is 47.5 Å². The molecule has 0 spiro atoms. The van der Waals surface area contributed by atoms with Gasteiger partial charge in [-0.2, -0.15) is 0 Å². The van der Waals surface area contributed by atoms with Gasteiger partial charge in [-0.25, -0.2) is 0 Å². The Morgan fingerprint density at radius 2 is 2.00 bits per heavy atom. The molecule has 0 bridgehead atoms. The Hall–Kier alpha value is -1.63. The standard InChI is InChI=1S/C15H16O/c1-11(2)14-5-3-4-13-10-12(8-9-16)6-7-15(13)14/h3-7,9-11H,8H2,1-2H3. The SMILES string of the molecule is CC(C)c1cccc2cc(CC=O)ccc12. The molecule has 0 saturated carbocycles. The number of carbonyl (C=O) groups is 1. The zero-order chi connectivity index (χ0) is 11.5. The van der Waals surface area contributed by atoms with E-state index in [0.29, 0.717) is 12.3 Å². The van der Waals surface area contributed by atoms with Gasteiger partial charge in [0, 0.05) is 6.42 Å². The van der Waals surface area contributed by atoms with Crippen LogP contribution in [0.5, 0.6) is 0 Å². The van der Waals surface area contributed by atoms with E-state index in [2.05, 4.69) is 44.2 Å². The van der Waals surface area contributed by atoms with Crippen molar-refractivity contribution in [2.24, 2.45) is 0 Å². The molecule has 0 fully saturated rings. The Labute approximate surface area is 96.1 Å². The smallest absolute Gasteiger partial charge is 0.124 e. The average molecular weight is 212 g/mol. The highest BCUT2D eigenvalue weighted by Crippen LogP contribution is 2.26. The quantitative estimate of drug-likeness (QED) is 0.709. The molecule has 2 aromatic carbocycles. The number of hydrogen-bond acceptors (Lipinski definition) is 1. The lowest BCUT2D eigenvalue weighted by atomic mass is 9.95. The molecule has 1 heteroatoms. The van der Waals surface area contributed by atoms with Crippen molar-refractivity contribution >= 4 is 17.1 Å². The average Bonchev–Trinajstić information content (AvgIpc) is 2.28. The lowest BCUT2D eigenvalue weighted by Crippen LogP contribution is -1.91. The molecule has 0 aliphatic heterocycles. The Kier molecular flexibility index (Phi) is 3.04. The molecule has 2 aromatic rings. The molecule has 16 heavy (non-hydrogen) atoms. The molecule has 2 rings (SSSR count). The molecule has 0 radical (unpaired) electrons. The van der Waals surface area contributed by atoms with Gasteiger partial charge in [0.2, 0.25) is 0 Å². The van der Waals surface area contributed by atoms with Crippen molar-refractivity contribution in [1.82, 2.24) is 0 Å². The Morgan fingerprint density at radius 1 is 1.19 bits per heavy atom. The number of hydrogen-bond donors (Lipinski definition) is 0. The van der Waals surface area contributed by atoms with Crippen LogP contribution < -0.4 is 0 Å². The third-order valence-electron chi connectivity index (χ3n) is 2.92. The largest absolute Gasteiger partial charge is 0.303 e. The summed E-state index contributed by atoms with van der Waals surface area (Å²) >= 11 is 0. The first kappa shape index (κ1) is 10.9. The van der Waals surface area contributed by atoms with E-state index in [4.69, 9.17) is 0 Å². The molecular formula is C15H16O. The molecule has 0 heterocycles. The summed E-state index contributed by atoms with van der Waals surface area (Å²) in [5, 5.41) is 2.53. The van der Waals surface area contributed by atoms with E-state index in [1.807, 2.05) is 6.07 Å². The van der Waals surface area contributed by atoms with Gasteiger partial charge in [0.15, 0.2) is 0 Å². The van der Waals surface area contributed by atoms with Crippen LogP contribution in [0.2, 0.25) is 0 Å². The van der Waals surface area contributed by atoms with Gasteiger partial charge in [-0.1, -0.05) is 50.2 Å². The maximum absolute atomic E-state index is 10.5. The lowest BCUT2D eigenvalue weighted by Gasteiger charge is -2.10. The van der Waals surface area contributed by atoms with Gasteiger partial charge >= 0.3 is 0 Å². The lowest BCUT2D eigenvalue weighted by molar-refractivity contribution is -0.107. The van der Waals surface area contributed by atoms with Crippen LogP contribution in [0.25, 0.3) is 10.8 Å². The predicted octanol–water partition coefficient (Wildman–Crippen LogP) is 3.70. The van der Waals surface area contributed by atoms with E-state index >= 15 is 0 Å². The number of benzene rings is 2. The van der Waals surface area contributed by atoms with E-state index in [9.17, 15) is 4.79 Å². The zero-order valence-corrected chi connectivity index (χ0v) is 9.73.